The van der Waals surface area contributed by atoms with E-state index in [-0.39, 0.29) is 30.8 Å². The van der Waals surface area contributed by atoms with Crippen LogP contribution < -0.4 is 4.74 Å². The Kier molecular flexibility index (Phi) is 4.55. The summed E-state index contributed by atoms with van der Waals surface area (Å²) in [5.74, 6) is 1.08. The van der Waals surface area contributed by atoms with Crippen molar-refractivity contribution in [3.63, 3.8) is 0 Å². The lowest BCUT2D eigenvalue weighted by Crippen LogP contribution is -2.67. The molecule has 1 N–H and O–H groups in total. The summed E-state index contributed by atoms with van der Waals surface area (Å²) in [4.78, 5) is 34.4. The van der Waals surface area contributed by atoms with Crippen molar-refractivity contribution in [3.05, 3.63) is 89.5 Å². The van der Waals surface area contributed by atoms with E-state index in [2.05, 4.69) is 11.1 Å². The summed E-state index contributed by atoms with van der Waals surface area (Å²) < 4.78 is 11.2. The third-order valence-electron chi connectivity index (χ3n) is 7.26. The molecule has 0 unspecified atom stereocenters. The first kappa shape index (κ1) is 20.6. The molecule has 0 saturated carbocycles. The lowest BCUT2D eigenvalue weighted by Gasteiger charge is -2.51. The number of nitrogens with zero attached hydrogens (tertiary/aromatic N) is 2. The molecule has 4 aromatic rings. The van der Waals surface area contributed by atoms with Crippen LogP contribution >= 0.6 is 0 Å². The van der Waals surface area contributed by atoms with Crippen molar-refractivity contribution in [1.82, 2.24) is 14.8 Å². The first-order chi connectivity index (χ1) is 16.5. The number of fused-ring (bicyclic) bond motifs is 5. The lowest BCUT2D eigenvalue weighted by atomic mass is 9.76. The Morgan fingerprint density at radius 2 is 1.88 bits per heavy atom. The molecule has 172 valence electrons. The maximum absolute atomic E-state index is 14.0. The molecule has 0 aliphatic carbocycles. The van der Waals surface area contributed by atoms with Gasteiger partial charge in [-0.05, 0) is 36.8 Å². The molecule has 0 radical (unpaired) electrons. The Morgan fingerprint density at radius 3 is 2.68 bits per heavy atom. The van der Waals surface area contributed by atoms with Crippen LogP contribution in [0, 0.1) is 0 Å². The van der Waals surface area contributed by atoms with E-state index in [0.717, 1.165) is 33.5 Å². The summed E-state index contributed by atoms with van der Waals surface area (Å²) in [6, 6.07) is 19.6. The van der Waals surface area contributed by atoms with E-state index in [4.69, 9.17) is 9.15 Å². The molecule has 1 fully saturated rings. The SMILES string of the molecule is COc1ccccc1[C@H]1CN2C(=O)CN(Cc3ccco3)C(=O)[C@]2(C)c2[nH]c3ccccc3c21. The standard InChI is InChI=1S/C27H25N3O4/c1-27-25-24(19-10-3-5-11-21(19)28-25)20(18-9-4-6-12-22(18)33-2)15-30(27)23(31)16-29(26(27)32)14-17-8-7-13-34-17/h3-13,20,28H,14-16H2,1-2H3/t20-,27+/m1/s1. The number of aromatic amines is 1. The molecule has 2 amide bonds. The number of H-pyrrole nitrogens is 1. The van der Waals surface area contributed by atoms with Gasteiger partial charge in [0.25, 0.3) is 5.91 Å². The number of ether oxygens (including phenoxy) is 1. The lowest BCUT2D eigenvalue weighted by molar-refractivity contribution is -0.167. The van der Waals surface area contributed by atoms with Gasteiger partial charge in [-0.3, -0.25) is 9.59 Å². The summed E-state index contributed by atoms with van der Waals surface area (Å²) in [6.45, 7) is 2.52. The van der Waals surface area contributed by atoms with Gasteiger partial charge < -0.3 is 23.9 Å². The number of furan rings is 1. The van der Waals surface area contributed by atoms with Gasteiger partial charge in [-0.25, -0.2) is 0 Å². The highest BCUT2D eigenvalue weighted by Gasteiger charge is 2.56. The zero-order valence-electron chi connectivity index (χ0n) is 19.1. The Bertz CT molecular complexity index is 1410. The van der Waals surface area contributed by atoms with Crippen LogP contribution in [0.1, 0.15) is 35.4 Å². The molecule has 2 aliphatic rings. The van der Waals surface area contributed by atoms with Gasteiger partial charge in [-0.15, -0.1) is 0 Å². The number of piperazine rings is 1. The van der Waals surface area contributed by atoms with Gasteiger partial charge in [0.05, 0.1) is 25.6 Å². The Balaban J connectivity index is 1.55. The maximum atomic E-state index is 14.0. The molecule has 2 aromatic carbocycles. The summed E-state index contributed by atoms with van der Waals surface area (Å²) in [7, 11) is 1.66. The van der Waals surface area contributed by atoms with Crippen molar-refractivity contribution >= 4 is 22.7 Å². The number of amides is 2. The van der Waals surface area contributed by atoms with Crippen LogP contribution in [0.5, 0.6) is 5.75 Å². The van der Waals surface area contributed by atoms with E-state index in [0.29, 0.717) is 12.3 Å². The van der Waals surface area contributed by atoms with Crippen molar-refractivity contribution < 1.29 is 18.7 Å². The van der Waals surface area contributed by atoms with E-state index in [1.807, 2.05) is 55.5 Å². The topological polar surface area (TPSA) is 78.8 Å². The van der Waals surface area contributed by atoms with Gasteiger partial charge in [0.2, 0.25) is 5.91 Å². The van der Waals surface area contributed by atoms with Crippen molar-refractivity contribution in [2.75, 3.05) is 20.2 Å². The third-order valence-corrected chi connectivity index (χ3v) is 7.26. The molecule has 0 bridgehead atoms. The molecule has 2 aromatic heterocycles. The number of benzene rings is 2. The maximum Gasteiger partial charge on any atom is 0.255 e. The highest BCUT2D eigenvalue weighted by molar-refractivity contribution is 6.01. The van der Waals surface area contributed by atoms with Gasteiger partial charge >= 0.3 is 0 Å². The average molecular weight is 456 g/mol. The highest BCUT2D eigenvalue weighted by atomic mass is 16.5. The summed E-state index contributed by atoms with van der Waals surface area (Å²) in [5, 5.41) is 1.05. The quantitative estimate of drug-likeness (QED) is 0.505. The first-order valence-electron chi connectivity index (χ1n) is 11.4. The molecule has 2 aliphatic heterocycles. The molecule has 0 spiro atoms. The minimum Gasteiger partial charge on any atom is -0.496 e. The molecular weight excluding hydrogens is 430 g/mol. The second-order valence-electron chi connectivity index (χ2n) is 9.07. The van der Waals surface area contributed by atoms with E-state index >= 15 is 0 Å². The second-order valence-corrected chi connectivity index (χ2v) is 9.07. The first-order valence-corrected chi connectivity index (χ1v) is 11.4. The Hall–Kier alpha value is -4.00. The van der Waals surface area contributed by atoms with Crippen LogP contribution in [0.3, 0.4) is 0 Å². The van der Waals surface area contributed by atoms with Gasteiger partial charge in [0.1, 0.15) is 18.1 Å². The van der Waals surface area contributed by atoms with E-state index < -0.39 is 5.54 Å². The van der Waals surface area contributed by atoms with Crippen molar-refractivity contribution in [1.29, 1.82) is 0 Å². The molecule has 7 heteroatoms. The van der Waals surface area contributed by atoms with Crippen LogP contribution in [0.4, 0.5) is 0 Å². The zero-order chi connectivity index (χ0) is 23.4. The normalized spacial score (nSPS) is 22.1. The molecule has 4 heterocycles. The summed E-state index contributed by atoms with van der Waals surface area (Å²) >= 11 is 0. The zero-order valence-corrected chi connectivity index (χ0v) is 19.1. The van der Waals surface area contributed by atoms with Gasteiger partial charge in [-0.1, -0.05) is 36.4 Å². The number of carbonyl (C=O) groups is 2. The van der Waals surface area contributed by atoms with Gasteiger partial charge in [-0.2, -0.15) is 0 Å². The highest BCUT2D eigenvalue weighted by Crippen LogP contribution is 2.49. The fourth-order valence-corrected chi connectivity index (χ4v) is 5.63. The minimum atomic E-state index is -1.14. The molecule has 34 heavy (non-hydrogen) atoms. The van der Waals surface area contributed by atoms with Crippen molar-refractivity contribution in [3.8, 4) is 5.75 Å². The van der Waals surface area contributed by atoms with Crippen molar-refractivity contribution in [2.24, 2.45) is 0 Å². The average Bonchev–Trinajstić information content (AvgIpc) is 3.51. The largest absolute Gasteiger partial charge is 0.496 e. The number of carbonyl (C=O) groups excluding carboxylic acids is 2. The van der Waals surface area contributed by atoms with E-state index in [1.54, 1.807) is 29.2 Å². The number of nitrogens with one attached hydrogen (secondary N) is 1. The van der Waals surface area contributed by atoms with Crippen LogP contribution in [0.15, 0.2) is 71.3 Å². The number of aromatic nitrogens is 1. The van der Waals surface area contributed by atoms with Crippen molar-refractivity contribution in [2.45, 2.75) is 24.9 Å². The number of para-hydroxylation sites is 2. The fraction of sp³-hybridized carbons (Fsp3) is 0.259. The minimum absolute atomic E-state index is 0.0172. The molecule has 1 saturated heterocycles. The van der Waals surface area contributed by atoms with Crippen LogP contribution in [-0.2, 0) is 21.7 Å². The predicted molar refractivity (Wildman–Crippen MR) is 126 cm³/mol. The fourth-order valence-electron chi connectivity index (χ4n) is 5.63. The predicted octanol–water partition coefficient (Wildman–Crippen LogP) is 4.00. The van der Waals surface area contributed by atoms with Crippen LogP contribution in [0.2, 0.25) is 0 Å². The number of hydrogen-bond acceptors (Lipinski definition) is 4. The molecular formula is C27H25N3O4. The summed E-state index contributed by atoms with van der Waals surface area (Å²) in [6.07, 6.45) is 1.58. The Labute approximate surface area is 196 Å². The molecule has 2 atom stereocenters. The van der Waals surface area contributed by atoms with Crippen LogP contribution in [-0.4, -0.2) is 46.8 Å². The van der Waals surface area contributed by atoms with Crippen LogP contribution in [0.25, 0.3) is 10.9 Å². The number of hydrogen-bond donors (Lipinski definition) is 1. The van der Waals surface area contributed by atoms with Gasteiger partial charge in [0, 0.05) is 28.9 Å². The number of methoxy groups -OCH3 is 1. The Morgan fingerprint density at radius 1 is 1.09 bits per heavy atom. The smallest absolute Gasteiger partial charge is 0.255 e. The van der Waals surface area contributed by atoms with Gasteiger partial charge in [0.15, 0.2) is 5.54 Å². The molecule has 6 rings (SSSR count). The summed E-state index contributed by atoms with van der Waals surface area (Å²) in [5.41, 5.74) is 2.60. The molecule has 7 nitrogen and oxygen atoms in total. The third kappa shape index (κ3) is 2.83. The van der Waals surface area contributed by atoms with E-state index in [1.165, 1.54) is 0 Å². The van der Waals surface area contributed by atoms with E-state index in [9.17, 15) is 9.59 Å². The number of rotatable bonds is 4. The second kappa shape index (κ2) is 7.52. The monoisotopic (exact) mass is 455 g/mol.